The Labute approximate surface area is 326 Å². The Kier molecular flexibility index (Phi) is 15.3. The summed E-state index contributed by atoms with van der Waals surface area (Å²) in [6.07, 6.45) is 7.25. The fourth-order valence-corrected chi connectivity index (χ4v) is 8.42. The zero-order valence-electron chi connectivity index (χ0n) is 31.1. The highest BCUT2D eigenvalue weighted by Crippen LogP contribution is 2.31. The SMILES string of the molecule is CCN(CC)CCCS(=O)(=O)N[C@H](CCC(=O)N[C@H](CCc1ccccc1C(N)=O)c1n[nH]c(C2CCCCC2)n1)c1nc(Cc2ccc(Br)cc2)no1. The zero-order valence-corrected chi connectivity index (χ0v) is 33.5. The molecule has 1 aliphatic rings. The lowest BCUT2D eigenvalue weighted by Crippen LogP contribution is -2.34. The van der Waals surface area contributed by atoms with Crippen molar-refractivity contribution in [3.05, 3.63) is 93.1 Å². The molecule has 0 spiro atoms. The average Bonchev–Trinajstić information content (AvgIpc) is 3.86. The summed E-state index contributed by atoms with van der Waals surface area (Å²) < 4.78 is 36.0. The van der Waals surface area contributed by atoms with Crippen LogP contribution in [-0.2, 0) is 27.7 Å². The molecule has 16 heteroatoms. The molecule has 0 unspecified atom stereocenters. The van der Waals surface area contributed by atoms with Crippen LogP contribution in [0.4, 0.5) is 0 Å². The lowest BCUT2D eigenvalue weighted by atomic mass is 9.89. The van der Waals surface area contributed by atoms with Crippen LogP contribution in [0.2, 0.25) is 0 Å². The molecule has 0 radical (unpaired) electrons. The first-order valence-corrected chi connectivity index (χ1v) is 21.4. The quantitative estimate of drug-likeness (QED) is 0.0814. The number of aryl methyl sites for hydroxylation is 1. The molecule has 2 atom stereocenters. The van der Waals surface area contributed by atoms with E-state index in [-0.39, 0.29) is 36.3 Å². The van der Waals surface area contributed by atoms with Gasteiger partial charge in [0, 0.05) is 28.8 Å². The van der Waals surface area contributed by atoms with Gasteiger partial charge in [-0.2, -0.15) is 10.1 Å². The first-order chi connectivity index (χ1) is 26.0. The Bertz CT molecular complexity index is 1910. The van der Waals surface area contributed by atoms with Gasteiger partial charge in [0.25, 0.3) is 0 Å². The molecule has 54 heavy (non-hydrogen) atoms. The van der Waals surface area contributed by atoms with Crippen LogP contribution in [0.3, 0.4) is 0 Å². The molecular weight excluding hydrogens is 774 g/mol. The first-order valence-electron chi connectivity index (χ1n) is 18.9. The van der Waals surface area contributed by atoms with Crippen LogP contribution in [0.15, 0.2) is 57.5 Å². The van der Waals surface area contributed by atoms with E-state index in [1.807, 2.05) is 50.2 Å². The number of carbonyl (C=O) groups excluding carboxylic acids is 2. The molecule has 0 saturated heterocycles. The molecule has 1 aliphatic carbocycles. The maximum Gasteiger partial charge on any atom is 0.248 e. The Morgan fingerprint density at radius 3 is 2.48 bits per heavy atom. The lowest BCUT2D eigenvalue weighted by Gasteiger charge is -2.20. The normalized spacial score (nSPS) is 15.0. The highest BCUT2D eigenvalue weighted by atomic mass is 79.9. The third kappa shape index (κ3) is 12.3. The van der Waals surface area contributed by atoms with Crippen molar-refractivity contribution in [3.63, 3.8) is 0 Å². The summed E-state index contributed by atoms with van der Waals surface area (Å²) in [6.45, 7) is 6.40. The Morgan fingerprint density at radius 1 is 1.02 bits per heavy atom. The molecule has 4 aromatic rings. The molecular formula is C38H52BrN9O5S. The van der Waals surface area contributed by atoms with Crippen LogP contribution < -0.4 is 15.8 Å². The van der Waals surface area contributed by atoms with Gasteiger partial charge in [0.15, 0.2) is 11.6 Å². The van der Waals surface area contributed by atoms with Crippen LogP contribution >= 0.6 is 15.9 Å². The predicted octanol–water partition coefficient (Wildman–Crippen LogP) is 5.65. The van der Waals surface area contributed by atoms with E-state index in [1.165, 1.54) is 6.42 Å². The van der Waals surface area contributed by atoms with E-state index in [0.717, 1.165) is 60.2 Å². The number of hydrogen-bond acceptors (Lipinski definition) is 10. The van der Waals surface area contributed by atoms with Gasteiger partial charge >= 0.3 is 0 Å². The van der Waals surface area contributed by atoms with Gasteiger partial charge in [-0.25, -0.2) is 18.1 Å². The van der Waals surface area contributed by atoms with Crippen LogP contribution in [0.25, 0.3) is 0 Å². The molecule has 5 rings (SSSR count). The summed E-state index contributed by atoms with van der Waals surface area (Å²) in [7, 11) is -3.77. The van der Waals surface area contributed by atoms with Gasteiger partial charge in [-0.1, -0.05) is 84.5 Å². The van der Waals surface area contributed by atoms with E-state index in [4.69, 9.17) is 15.2 Å². The molecule has 292 valence electrons. The molecule has 2 aromatic carbocycles. The summed E-state index contributed by atoms with van der Waals surface area (Å²) >= 11 is 3.44. The Morgan fingerprint density at radius 2 is 1.76 bits per heavy atom. The minimum Gasteiger partial charge on any atom is -0.366 e. The summed E-state index contributed by atoms with van der Waals surface area (Å²) in [5.74, 6) is 1.11. The number of aromatic amines is 1. The van der Waals surface area contributed by atoms with Crippen molar-refractivity contribution in [2.75, 3.05) is 25.4 Å². The number of halogens is 1. The first kappa shape index (κ1) is 41.2. The van der Waals surface area contributed by atoms with E-state index in [0.29, 0.717) is 49.4 Å². The monoisotopic (exact) mass is 825 g/mol. The van der Waals surface area contributed by atoms with Gasteiger partial charge in [0.1, 0.15) is 11.9 Å². The largest absolute Gasteiger partial charge is 0.366 e. The summed E-state index contributed by atoms with van der Waals surface area (Å²) in [5.41, 5.74) is 7.79. The van der Waals surface area contributed by atoms with Crippen LogP contribution in [0.1, 0.15) is 134 Å². The van der Waals surface area contributed by atoms with Gasteiger partial charge in [0.2, 0.25) is 27.7 Å². The molecule has 14 nitrogen and oxygen atoms in total. The summed E-state index contributed by atoms with van der Waals surface area (Å²) in [6, 6.07) is 13.3. The maximum atomic E-state index is 13.7. The smallest absolute Gasteiger partial charge is 0.248 e. The van der Waals surface area contributed by atoms with Crippen molar-refractivity contribution in [1.29, 1.82) is 0 Å². The Balaban J connectivity index is 1.31. The minimum absolute atomic E-state index is 0.0503. The number of amides is 2. The molecule has 1 fully saturated rings. The van der Waals surface area contributed by atoms with Crippen LogP contribution in [-0.4, -0.2) is 75.8 Å². The number of carbonyl (C=O) groups is 2. The molecule has 5 N–H and O–H groups in total. The number of sulfonamides is 1. The standard InChI is InChI=1S/C38H52BrN9O5S/c1-3-48(4-2)23-10-24-54(51,52)47-32(38-42-33(46-53-38)25-26-15-18-29(39)19-16-26)21-22-34(49)41-31(20-17-27-11-8-9-14-30(27)35(40)50)37-43-36(44-45-37)28-12-6-5-7-13-28/h8-9,11,14-16,18-19,28,31-32,47H,3-7,10,12-13,17,20-25H2,1-2H3,(H2,40,50)(H,41,49)(H,43,44,45)/t31-,32-/m1/s1. The number of hydrogen-bond donors (Lipinski definition) is 4. The molecule has 2 amide bonds. The number of H-pyrrole nitrogens is 1. The van der Waals surface area contributed by atoms with Gasteiger partial charge in [-0.15, -0.1) is 0 Å². The molecule has 2 aromatic heterocycles. The van der Waals surface area contributed by atoms with Crippen molar-refractivity contribution in [2.45, 2.75) is 102 Å². The number of benzene rings is 2. The van der Waals surface area contributed by atoms with Gasteiger partial charge in [-0.3, -0.25) is 14.7 Å². The number of nitrogens with one attached hydrogen (secondary N) is 3. The number of primary amides is 1. The Hall–Kier alpha value is -3.99. The van der Waals surface area contributed by atoms with Gasteiger partial charge < -0.3 is 20.5 Å². The second kappa shape index (κ2) is 20.1. The van der Waals surface area contributed by atoms with E-state index < -0.39 is 28.0 Å². The van der Waals surface area contributed by atoms with E-state index >= 15 is 0 Å². The predicted molar refractivity (Wildman–Crippen MR) is 209 cm³/mol. The summed E-state index contributed by atoms with van der Waals surface area (Å²) in [4.78, 5) is 37.4. The second-order valence-corrected chi connectivity index (χ2v) is 16.6. The number of aromatic nitrogens is 5. The third-order valence-corrected chi connectivity index (χ3v) is 12.0. The highest BCUT2D eigenvalue weighted by Gasteiger charge is 2.28. The van der Waals surface area contributed by atoms with Gasteiger partial charge in [0.05, 0.1) is 11.8 Å². The molecule has 2 heterocycles. The van der Waals surface area contributed by atoms with Gasteiger partial charge in [-0.05, 0) is 87.5 Å². The van der Waals surface area contributed by atoms with Crippen molar-refractivity contribution in [3.8, 4) is 0 Å². The fraction of sp³-hybridized carbons (Fsp3) is 0.526. The zero-order chi connectivity index (χ0) is 38.5. The van der Waals surface area contributed by atoms with Crippen molar-refractivity contribution < 1.29 is 22.5 Å². The lowest BCUT2D eigenvalue weighted by molar-refractivity contribution is -0.122. The van der Waals surface area contributed by atoms with Crippen LogP contribution in [0.5, 0.6) is 0 Å². The fourth-order valence-electron chi connectivity index (χ4n) is 6.88. The number of rotatable bonds is 21. The maximum absolute atomic E-state index is 13.7. The minimum atomic E-state index is -3.77. The number of nitrogens with two attached hydrogens (primary N) is 1. The second-order valence-electron chi connectivity index (χ2n) is 13.9. The van der Waals surface area contributed by atoms with E-state index in [2.05, 4.69) is 51.2 Å². The van der Waals surface area contributed by atoms with Crippen molar-refractivity contribution >= 4 is 37.8 Å². The van der Waals surface area contributed by atoms with E-state index in [9.17, 15) is 18.0 Å². The number of nitrogens with zero attached hydrogens (tertiary/aromatic N) is 5. The molecule has 1 saturated carbocycles. The third-order valence-electron chi connectivity index (χ3n) is 9.97. The van der Waals surface area contributed by atoms with Crippen LogP contribution in [0, 0.1) is 0 Å². The van der Waals surface area contributed by atoms with Crippen molar-refractivity contribution in [2.24, 2.45) is 5.73 Å². The highest BCUT2D eigenvalue weighted by molar-refractivity contribution is 9.10. The van der Waals surface area contributed by atoms with E-state index in [1.54, 1.807) is 12.1 Å². The topological polar surface area (TPSA) is 202 Å². The van der Waals surface area contributed by atoms with Crippen molar-refractivity contribution in [1.82, 2.24) is 40.3 Å². The molecule has 0 aliphatic heterocycles. The molecule has 0 bridgehead atoms. The summed E-state index contributed by atoms with van der Waals surface area (Å²) in [5, 5.41) is 14.9. The average molecular weight is 827 g/mol.